The Labute approximate surface area is 95.2 Å². The molecule has 0 aliphatic rings. The maximum absolute atomic E-state index is 13.1. The fraction of sp³-hybridized carbons (Fsp3) is 0.100. The maximum Gasteiger partial charge on any atom is 0.312 e. The van der Waals surface area contributed by atoms with Crippen LogP contribution in [0.4, 0.5) is 10.1 Å². The van der Waals surface area contributed by atoms with Crippen molar-refractivity contribution in [2.24, 2.45) is 5.73 Å². The molecule has 0 aromatic heterocycles. The van der Waals surface area contributed by atoms with E-state index in [0.717, 1.165) is 12.1 Å². The second kappa shape index (κ2) is 5.06. The van der Waals surface area contributed by atoms with E-state index in [2.05, 4.69) is 5.32 Å². The van der Waals surface area contributed by atoms with Crippen molar-refractivity contribution in [1.82, 2.24) is 0 Å². The van der Waals surface area contributed by atoms with Gasteiger partial charge >= 0.3 is 5.97 Å². The largest absolute Gasteiger partial charge is 0.481 e. The zero-order chi connectivity index (χ0) is 13.0. The van der Waals surface area contributed by atoms with Gasteiger partial charge in [0.15, 0.2) is 0 Å². The lowest BCUT2D eigenvalue weighted by molar-refractivity contribution is -0.139. The lowest BCUT2D eigenvalue weighted by atomic mass is 10.1. The van der Waals surface area contributed by atoms with E-state index in [1.165, 1.54) is 6.07 Å². The maximum atomic E-state index is 13.1. The zero-order valence-corrected chi connectivity index (χ0v) is 8.57. The average molecular weight is 240 g/mol. The van der Waals surface area contributed by atoms with E-state index in [1.54, 1.807) is 0 Å². The van der Waals surface area contributed by atoms with E-state index in [9.17, 15) is 18.8 Å². The van der Waals surface area contributed by atoms with Gasteiger partial charge in [0.1, 0.15) is 12.2 Å². The Morgan fingerprint density at radius 3 is 2.53 bits per heavy atom. The van der Waals surface area contributed by atoms with Crippen molar-refractivity contribution in [3.05, 3.63) is 29.6 Å². The van der Waals surface area contributed by atoms with Crippen molar-refractivity contribution in [1.29, 1.82) is 0 Å². The molecule has 0 saturated heterocycles. The molecule has 0 bridgehead atoms. The fourth-order valence-corrected chi connectivity index (χ4v) is 1.13. The van der Waals surface area contributed by atoms with Crippen LogP contribution in [0, 0.1) is 5.82 Å². The smallest absolute Gasteiger partial charge is 0.312 e. The van der Waals surface area contributed by atoms with E-state index in [-0.39, 0.29) is 11.3 Å². The van der Waals surface area contributed by atoms with Crippen LogP contribution in [-0.4, -0.2) is 22.9 Å². The number of carbonyl (C=O) groups is 3. The first kappa shape index (κ1) is 12.6. The Balaban J connectivity index is 2.86. The Morgan fingerprint density at radius 2 is 2.00 bits per heavy atom. The molecule has 2 amide bonds. The Kier molecular flexibility index (Phi) is 3.76. The van der Waals surface area contributed by atoms with Crippen LogP contribution in [0.5, 0.6) is 0 Å². The van der Waals surface area contributed by atoms with Gasteiger partial charge in [0, 0.05) is 5.69 Å². The molecule has 0 radical (unpaired) electrons. The second-order valence-electron chi connectivity index (χ2n) is 3.18. The minimum Gasteiger partial charge on any atom is -0.481 e. The molecule has 90 valence electrons. The highest BCUT2D eigenvalue weighted by Gasteiger charge is 2.12. The van der Waals surface area contributed by atoms with Crippen LogP contribution in [0.25, 0.3) is 0 Å². The molecule has 6 nitrogen and oxygen atoms in total. The van der Waals surface area contributed by atoms with Crippen molar-refractivity contribution >= 4 is 23.5 Å². The average Bonchev–Trinajstić information content (AvgIpc) is 2.19. The van der Waals surface area contributed by atoms with Crippen LogP contribution >= 0.6 is 0 Å². The molecule has 0 heterocycles. The minimum atomic E-state index is -1.29. The molecule has 4 N–H and O–H groups in total. The lowest BCUT2D eigenvalue weighted by Crippen LogP contribution is -2.17. The standard InChI is InChI=1S/C10H9FN2O4/c11-7-2-1-5(3-6(7)10(12)17)13-8(14)4-9(15)16/h1-3H,4H2,(H2,12,17)(H,13,14)(H,15,16). The van der Waals surface area contributed by atoms with Gasteiger partial charge in [-0.1, -0.05) is 0 Å². The van der Waals surface area contributed by atoms with Crippen LogP contribution < -0.4 is 11.1 Å². The zero-order valence-electron chi connectivity index (χ0n) is 8.57. The molecular formula is C10H9FN2O4. The number of benzene rings is 1. The normalized spacial score (nSPS) is 9.71. The van der Waals surface area contributed by atoms with Crippen molar-refractivity contribution in [2.75, 3.05) is 5.32 Å². The van der Waals surface area contributed by atoms with Crippen LogP contribution in [0.3, 0.4) is 0 Å². The minimum absolute atomic E-state index is 0.103. The third-order valence-electron chi connectivity index (χ3n) is 1.83. The number of halogens is 1. The number of hydrogen-bond donors (Lipinski definition) is 3. The highest BCUT2D eigenvalue weighted by atomic mass is 19.1. The van der Waals surface area contributed by atoms with Gasteiger partial charge in [-0.25, -0.2) is 4.39 Å². The Hall–Kier alpha value is -2.44. The third-order valence-corrected chi connectivity index (χ3v) is 1.83. The lowest BCUT2D eigenvalue weighted by Gasteiger charge is -2.05. The van der Waals surface area contributed by atoms with Crippen molar-refractivity contribution in [2.45, 2.75) is 6.42 Å². The number of nitrogens with two attached hydrogens (primary N) is 1. The quantitative estimate of drug-likeness (QED) is 0.659. The van der Waals surface area contributed by atoms with Crippen molar-refractivity contribution in [3.63, 3.8) is 0 Å². The first-order valence-corrected chi connectivity index (χ1v) is 4.51. The summed E-state index contributed by atoms with van der Waals surface area (Å²) in [6, 6.07) is 3.19. The molecule has 1 aromatic carbocycles. The van der Waals surface area contributed by atoms with Crippen molar-refractivity contribution < 1.29 is 23.9 Å². The summed E-state index contributed by atoms with van der Waals surface area (Å²) in [5.41, 5.74) is 4.64. The summed E-state index contributed by atoms with van der Waals surface area (Å²) >= 11 is 0. The Bertz CT molecular complexity index is 487. The highest BCUT2D eigenvalue weighted by Crippen LogP contribution is 2.14. The van der Waals surface area contributed by atoms with Crippen LogP contribution in [0.15, 0.2) is 18.2 Å². The number of rotatable bonds is 4. The van der Waals surface area contributed by atoms with Gasteiger partial charge < -0.3 is 16.2 Å². The molecule has 1 aromatic rings. The number of carbonyl (C=O) groups excluding carboxylic acids is 2. The number of carboxylic acid groups (broad SMARTS) is 1. The van der Waals surface area contributed by atoms with E-state index in [1.807, 2.05) is 0 Å². The monoisotopic (exact) mass is 240 g/mol. The van der Waals surface area contributed by atoms with Crippen molar-refractivity contribution in [3.8, 4) is 0 Å². The van der Waals surface area contributed by atoms with Gasteiger partial charge in [-0.3, -0.25) is 14.4 Å². The summed E-state index contributed by atoms with van der Waals surface area (Å²) in [7, 11) is 0. The first-order chi connectivity index (χ1) is 7.90. The second-order valence-corrected chi connectivity index (χ2v) is 3.18. The van der Waals surface area contributed by atoms with Gasteiger partial charge in [0.25, 0.3) is 5.91 Å². The summed E-state index contributed by atoms with van der Waals surface area (Å²) in [4.78, 5) is 32.1. The first-order valence-electron chi connectivity index (χ1n) is 4.51. The van der Waals surface area contributed by atoms with Crippen LogP contribution in [0.2, 0.25) is 0 Å². The van der Waals surface area contributed by atoms with E-state index < -0.39 is 30.0 Å². The SMILES string of the molecule is NC(=O)c1cc(NC(=O)CC(=O)O)ccc1F. The van der Waals surface area contributed by atoms with E-state index in [4.69, 9.17) is 10.8 Å². The molecule has 0 fully saturated rings. The highest BCUT2D eigenvalue weighted by molar-refractivity contribution is 6.02. The number of nitrogens with one attached hydrogen (secondary N) is 1. The predicted molar refractivity (Wildman–Crippen MR) is 55.8 cm³/mol. The third kappa shape index (κ3) is 3.56. The number of carboxylic acids is 1. The molecule has 0 atom stereocenters. The number of amides is 2. The molecule has 0 unspecified atom stereocenters. The number of hydrogen-bond acceptors (Lipinski definition) is 3. The van der Waals surface area contributed by atoms with E-state index in [0.29, 0.717) is 0 Å². The molecule has 17 heavy (non-hydrogen) atoms. The van der Waals surface area contributed by atoms with Gasteiger partial charge in [-0.05, 0) is 18.2 Å². The molecule has 0 aliphatic heterocycles. The molecular weight excluding hydrogens is 231 g/mol. The summed E-state index contributed by atoms with van der Waals surface area (Å²) in [5, 5.41) is 10.6. The van der Waals surface area contributed by atoms with Crippen LogP contribution in [0.1, 0.15) is 16.8 Å². The molecule has 1 rings (SSSR count). The topological polar surface area (TPSA) is 109 Å². The number of anilines is 1. The predicted octanol–water partition coefficient (Wildman–Crippen LogP) is 0.338. The fourth-order valence-electron chi connectivity index (χ4n) is 1.13. The molecule has 0 aliphatic carbocycles. The number of primary amides is 1. The Morgan fingerprint density at radius 1 is 1.35 bits per heavy atom. The summed E-state index contributed by atoms with van der Waals surface area (Å²) in [6.07, 6.45) is -0.719. The number of aliphatic carboxylic acids is 1. The summed E-state index contributed by atoms with van der Waals surface area (Å²) in [6.45, 7) is 0. The van der Waals surface area contributed by atoms with Gasteiger partial charge in [0.05, 0.1) is 5.56 Å². The molecule has 0 saturated carbocycles. The molecule has 0 spiro atoms. The van der Waals surface area contributed by atoms with Gasteiger partial charge in [-0.15, -0.1) is 0 Å². The van der Waals surface area contributed by atoms with Crippen LogP contribution in [-0.2, 0) is 9.59 Å². The van der Waals surface area contributed by atoms with Gasteiger partial charge in [-0.2, -0.15) is 0 Å². The molecule has 7 heteroatoms. The van der Waals surface area contributed by atoms with Gasteiger partial charge in [0.2, 0.25) is 5.91 Å². The van der Waals surface area contributed by atoms with E-state index >= 15 is 0 Å². The summed E-state index contributed by atoms with van der Waals surface area (Å²) in [5.74, 6) is -3.86. The summed E-state index contributed by atoms with van der Waals surface area (Å²) < 4.78 is 13.1.